The molecule has 7 heteroatoms. The Morgan fingerprint density at radius 2 is 1.94 bits per heavy atom. The van der Waals surface area contributed by atoms with Crippen molar-refractivity contribution in [3.05, 3.63) is 90.5 Å². The number of ether oxygens (including phenoxy) is 1. The molecule has 33 heavy (non-hydrogen) atoms. The highest BCUT2D eigenvalue weighted by atomic mass is 16.5. The number of anilines is 1. The minimum atomic E-state index is 0.751. The zero-order valence-electron chi connectivity index (χ0n) is 17.9. The first-order valence-corrected chi connectivity index (χ1v) is 10.7. The second-order valence-corrected chi connectivity index (χ2v) is 7.77. The van der Waals surface area contributed by atoms with Crippen LogP contribution in [0.15, 0.2) is 79.3 Å². The summed E-state index contributed by atoms with van der Waals surface area (Å²) in [5.74, 6) is 0.822. The van der Waals surface area contributed by atoms with Gasteiger partial charge in [0, 0.05) is 18.0 Å². The third-order valence-electron chi connectivity index (χ3n) is 5.81. The summed E-state index contributed by atoms with van der Waals surface area (Å²) in [7, 11) is 1.68. The van der Waals surface area contributed by atoms with Gasteiger partial charge in [0.05, 0.1) is 41.6 Å². The number of hydrogen-bond donors (Lipinski definition) is 2. The van der Waals surface area contributed by atoms with Crippen molar-refractivity contribution in [1.82, 2.24) is 25.1 Å². The Morgan fingerprint density at radius 3 is 2.82 bits per heavy atom. The van der Waals surface area contributed by atoms with Crippen molar-refractivity contribution >= 4 is 22.4 Å². The number of aromatic nitrogens is 5. The van der Waals surface area contributed by atoms with Gasteiger partial charge in [-0.3, -0.25) is 15.1 Å². The topological polar surface area (TPSA) is 88.6 Å². The van der Waals surface area contributed by atoms with E-state index in [0.29, 0.717) is 0 Å². The molecule has 0 atom stereocenters. The van der Waals surface area contributed by atoms with E-state index in [4.69, 9.17) is 9.72 Å². The smallest absolute Gasteiger partial charge is 0.134 e. The molecule has 0 fully saturated rings. The lowest BCUT2D eigenvalue weighted by Crippen LogP contribution is -2.10. The van der Waals surface area contributed by atoms with Crippen LogP contribution in [0.5, 0.6) is 5.75 Å². The molecule has 160 valence electrons. The summed E-state index contributed by atoms with van der Waals surface area (Å²) in [6.45, 7) is 0. The molecular weight excluding hydrogens is 412 g/mol. The Morgan fingerprint density at radius 1 is 0.970 bits per heavy atom. The van der Waals surface area contributed by atoms with Gasteiger partial charge < -0.3 is 10.1 Å². The molecule has 0 spiro atoms. The van der Waals surface area contributed by atoms with Crippen LogP contribution < -0.4 is 10.1 Å². The number of hydrogen-bond acceptors (Lipinski definition) is 6. The lowest BCUT2D eigenvalue weighted by Gasteiger charge is -2.21. The lowest BCUT2D eigenvalue weighted by atomic mass is 9.95. The second kappa shape index (κ2) is 7.87. The van der Waals surface area contributed by atoms with Crippen LogP contribution in [0, 0.1) is 0 Å². The maximum Gasteiger partial charge on any atom is 0.134 e. The molecular formula is C26H20N6O. The number of pyridine rings is 3. The van der Waals surface area contributed by atoms with Crippen LogP contribution in [-0.4, -0.2) is 32.3 Å². The van der Waals surface area contributed by atoms with Gasteiger partial charge >= 0.3 is 0 Å². The van der Waals surface area contributed by atoms with Gasteiger partial charge in [-0.15, -0.1) is 0 Å². The molecule has 2 N–H and O–H groups in total. The molecule has 0 bridgehead atoms. The van der Waals surface area contributed by atoms with Crippen molar-refractivity contribution in [3.63, 3.8) is 0 Å². The number of nitrogens with zero attached hydrogens (tertiary/aromatic N) is 4. The summed E-state index contributed by atoms with van der Waals surface area (Å²) in [5.41, 5.74) is 9.30. The third kappa shape index (κ3) is 3.40. The number of nitrogens with one attached hydrogen (secondary N) is 2. The second-order valence-electron chi connectivity index (χ2n) is 7.77. The molecule has 5 heterocycles. The van der Waals surface area contributed by atoms with Crippen LogP contribution in [0.3, 0.4) is 0 Å². The number of benzene rings is 1. The van der Waals surface area contributed by atoms with Crippen LogP contribution in [0.4, 0.5) is 5.69 Å². The molecule has 0 aliphatic carbocycles. The van der Waals surface area contributed by atoms with Crippen molar-refractivity contribution < 1.29 is 4.74 Å². The number of rotatable bonds is 4. The summed E-state index contributed by atoms with van der Waals surface area (Å²) in [5, 5.41) is 11.2. The molecule has 5 aromatic rings. The third-order valence-corrected chi connectivity index (χ3v) is 5.81. The number of H-pyrrole nitrogens is 1. The summed E-state index contributed by atoms with van der Waals surface area (Å²) < 4.78 is 5.40. The van der Waals surface area contributed by atoms with Crippen molar-refractivity contribution in [3.8, 4) is 28.3 Å². The Bertz CT molecular complexity index is 1510. The summed E-state index contributed by atoms with van der Waals surface area (Å²) in [6, 6.07) is 17.8. The minimum absolute atomic E-state index is 0.751. The van der Waals surface area contributed by atoms with Crippen molar-refractivity contribution in [2.75, 3.05) is 12.4 Å². The monoisotopic (exact) mass is 432 g/mol. The first-order chi connectivity index (χ1) is 16.3. The van der Waals surface area contributed by atoms with Gasteiger partial charge in [-0.05, 0) is 53.9 Å². The Labute approximate surface area is 190 Å². The molecule has 1 aliphatic rings. The van der Waals surface area contributed by atoms with E-state index in [1.54, 1.807) is 13.3 Å². The van der Waals surface area contributed by atoms with E-state index in [0.717, 1.165) is 62.8 Å². The zero-order valence-corrected chi connectivity index (χ0v) is 17.9. The molecule has 0 unspecified atom stereocenters. The van der Waals surface area contributed by atoms with Crippen molar-refractivity contribution in [1.29, 1.82) is 0 Å². The van der Waals surface area contributed by atoms with Gasteiger partial charge in [-0.2, -0.15) is 5.10 Å². The number of aromatic amines is 1. The maximum absolute atomic E-state index is 5.40. The molecule has 0 saturated heterocycles. The van der Waals surface area contributed by atoms with Crippen molar-refractivity contribution in [2.24, 2.45) is 0 Å². The van der Waals surface area contributed by atoms with Crippen LogP contribution in [-0.2, 0) is 6.42 Å². The Balaban J connectivity index is 1.38. The highest BCUT2D eigenvalue weighted by molar-refractivity contribution is 5.93. The fourth-order valence-electron chi connectivity index (χ4n) is 4.15. The van der Waals surface area contributed by atoms with Gasteiger partial charge in [0.15, 0.2) is 0 Å². The van der Waals surface area contributed by atoms with Crippen LogP contribution in [0.1, 0.15) is 11.3 Å². The minimum Gasteiger partial charge on any atom is -0.497 e. The van der Waals surface area contributed by atoms with E-state index >= 15 is 0 Å². The van der Waals surface area contributed by atoms with Gasteiger partial charge in [-0.25, -0.2) is 4.98 Å². The Hall–Kier alpha value is -4.52. The number of allylic oxidation sites excluding steroid dienone is 1. The highest BCUT2D eigenvalue weighted by Crippen LogP contribution is 2.36. The molecule has 0 saturated carbocycles. The summed E-state index contributed by atoms with van der Waals surface area (Å²) >= 11 is 0. The predicted octanol–water partition coefficient (Wildman–Crippen LogP) is 5.10. The van der Waals surface area contributed by atoms with Crippen LogP contribution >= 0.6 is 0 Å². The standard InChI is InChI=1S/C26H20N6O/c1-33-17-6-4-5-16(13-17)19-14-27-15-24-18(19)8-9-22(29-24)26-25-23(31-32-26)11-10-21(30-25)20-7-2-3-12-28-20/h2-7,9-15,29H,8H2,1H3,(H,31,32). The molecule has 1 aliphatic heterocycles. The Kier molecular flexibility index (Phi) is 4.58. The quantitative estimate of drug-likeness (QED) is 0.411. The van der Waals surface area contributed by atoms with E-state index in [1.807, 2.05) is 60.9 Å². The van der Waals surface area contributed by atoms with Crippen LogP contribution in [0.25, 0.3) is 39.2 Å². The SMILES string of the molecule is COc1cccc(-c2cncc3c2CC=C(c2n[nH]c4ccc(-c5ccccn5)nc24)N3)c1. The largest absolute Gasteiger partial charge is 0.497 e. The molecule has 0 amide bonds. The lowest BCUT2D eigenvalue weighted by molar-refractivity contribution is 0.415. The first kappa shape index (κ1) is 19.2. The summed E-state index contributed by atoms with van der Waals surface area (Å²) in [4.78, 5) is 13.8. The number of fused-ring (bicyclic) bond motifs is 2. The van der Waals surface area contributed by atoms with E-state index in [2.05, 4.69) is 37.6 Å². The average Bonchev–Trinajstić information content (AvgIpc) is 3.32. The predicted molar refractivity (Wildman–Crippen MR) is 129 cm³/mol. The molecule has 7 nitrogen and oxygen atoms in total. The van der Waals surface area contributed by atoms with Gasteiger partial charge in [0.25, 0.3) is 0 Å². The average molecular weight is 432 g/mol. The van der Waals surface area contributed by atoms with Gasteiger partial charge in [-0.1, -0.05) is 24.3 Å². The van der Waals surface area contributed by atoms with E-state index < -0.39 is 0 Å². The molecule has 4 aromatic heterocycles. The normalized spacial score (nSPS) is 12.7. The first-order valence-electron chi connectivity index (χ1n) is 10.7. The van der Waals surface area contributed by atoms with Gasteiger partial charge in [0.2, 0.25) is 0 Å². The maximum atomic E-state index is 5.40. The van der Waals surface area contributed by atoms with Crippen LogP contribution in [0.2, 0.25) is 0 Å². The van der Waals surface area contributed by atoms with E-state index in [1.165, 1.54) is 5.56 Å². The highest BCUT2D eigenvalue weighted by Gasteiger charge is 2.20. The fourth-order valence-corrected chi connectivity index (χ4v) is 4.15. The van der Waals surface area contributed by atoms with Gasteiger partial charge in [0.1, 0.15) is 17.0 Å². The fraction of sp³-hybridized carbons (Fsp3) is 0.0769. The number of methoxy groups -OCH3 is 1. The van der Waals surface area contributed by atoms with E-state index in [9.17, 15) is 0 Å². The summed E-state index contributed by atoms with van der Waals surface area (Å²) in [6.07, 6.45) is 8.43. The molecule has 6 rings (SSSR count). The molecule has 1 aromatic carbocycles. The zero-order chi connectivity index (χ0) is 22.2. The van der Waals surface area contributed by atoms with Crippen molar-refractivity contribution in [2.45, 2.75) is 6.42 Å². The molecule has 0 radical (unpaired) electrons. The van der Waals surface area contributed by atoms with E-state index in [-0.39, 0.29) is 0 Å².